The molecule has 0 aromatic heterocycles. The normalized spacial score (nSPS) is 12.4. The molecule has 0 saturated carbocycles. The molecule has 81 heavy (non-hydrogen) atoms. The van der Waals surface area contributed by atoms with Crippen LogP contribution in [0.5, 0.6) is 0 Å². The zero-order valence-corrected chi connectivity index (χ0v) is 54.8. The van der Waals surface area contributed by atoms with Crippen LogP contribution in [-0.4, -0.2) is 36.4 Å². The predicted molar refractivity (Wildman–Crippen MR) is 357 cm³/mol. The van der Waals surface area contributed by atoms with Gasteiger partial charge in [0.1, 0.15) is 6.61 Å². The third-order valence-electron chi connectivity index (χ3n) is 16.9. The van der Waals surface area contributed by atoms with Gasteiger partial charge in [0.25, 0.3) is 0 Å². The van der Waals surface area contributed by atoms with Gasteiger partial charge >= 0.3 is 11.9 Å². The van der Waals surface area contributed by atoms with E-state index in [1.807, 2.05) is 0 Å². The van der Waals surface area contributed by atoms with Gasteiger partial charge in [0.05, 0.1) is 6.61 Å². The molecule has 0 radical (unpaired) electrons. The van der Waals surface area contributed by atoms with Crippen LogP contribution in [-0.2, 0) is 19.1 Å². The minimum absolute atomic E-state index is 0.0583. The number of unbranched alkanes of at least 4 members (excludes halogenated alkanes) is 53. The molecule has 0 saturated heterocycles. The Bertz CT molecular complexity index is 1330. The molecule has 0 fully saturated rings. The fraction of sp³-hybridized carbons (Fsp3) is 0.868. The summed E-state index contributed by atoms with van der Waals surface area (Å²) in [4.78, 5) is 24.7. The second kappa shape index (κ2) is 72.1. The van der Waals surface area contributed by atoms with E-state index >= 15 is 0 Å². The van der Waals surface area contributed by atoms with E-state index in [4.69, 9.17) is 9.47 Å². The molecule has 0 aliphatic rings. The average molecular weight is 1140 g/mol. The van der Waals surface area contributed by atoms with E-state index in [1.165, 1.54) is 321 Å². The lowest BCUT2D eigenvalue weighted by Gasteiger charge is -2.15. The number of ether oxygens (including phenoxy) is 2. The van der Waals surface area contributed by atoms with Gasteiger partial charge in [0.15, 0.2) is 6.10 Å². The van der Waals surface area contributed by atoms with Gasteiger partial charge in [-0.25, -0.2) is 0 Å². The minimum Gasteiger partial charge on any atom is -0.462 e. The van der Waals surface area contributed by atoms with Gasteiger partial charge in [-0.05, 0) is 51.4 Å². The van der Waals surface area contributed by atoms with Crippen molar-refractivity contribution in [3.8, 4) is 0 Å². The number of hydrogen-bond donors (Lipinski definition) is 1. The van der Waals surface area contributed by atoms with Crippen molar-refractivity contribution in [2.75, 3.05) is 13.2 Å². The molecule has 1 N–H and O–H groups in total. The van der Waals surface area contributed by atoms with Gasteiger partial charge in [-0.3, -0.25) is 9.59 Å². The Morgan fingerprint density at radius 3 is 0.802 bits per heavy atom. The van der Waals surface area contributed by atoms with E-state index in [0.717, 1.165) is 57.8 Å². The highest BCUT2D eigenvalue weighted by Crippen LogP contribution is 2.20. The van der Waals surface area contributed by atoms with E-state index < -0.39 is 6.10 Å². The second-order valence-corrected chi connectivity index (χ2v) is 25.0. The van der Waals surface area contributed by atoms with E-state index in [9.17, 15) is 14.7 Å². The molecule has 5 nitrogen and oxygen atoms in total. The monoisotopic (exact) mass is 1140 g/mol. The van der Waals surface area contributed by atoms with Crippen LogP contribution in [0.25, 0.3) is 0 Å². The lowest BCUT2D eigenvalue weighted by Crippen LogP contribution is -2.28. The number of aliphatic hydroxyl groups excluding tert-OH is 1. The standard InChI is InChI=1S/C76H142O5/c1-3-5-7-9-11-13-15-17-19-21-23-25-27-29-31-33-35-36-37-38-39-40-41-43-45-47-49-51-53-55-57-59-61-63-65-67-69-71-76(79)81-74(72-77)73-80-75(78)70-68-66-64-62-60-58-56-54-52-50-48-46-44-42-34-32-30-28-26-24-22-20-18-16-14-12-10-8-6-4-2/h5,7,11,13,17,19,23,25,74,77H,3-4,6,8-10,12,14-16,18,20-22,24,26-73H2,1-2H3/b7-5-,13-11-,19-17-,25-23-. The first-order valence-electron chi connectivity index (χ1n) is 36.7. The maximum Gasteiger partial charge on any atom is 0.306 e. The number of allylic oxidation sites excluding steroid dienone is 8. The highest BCUT2D eigenvalue weighted by molar-refractivity contribution is 5.70. The van der Waals surface area contributed by atoms with Gasteiger partial charge in [0, 0.05) is 12.8 Å². The Kier molecular flexibility index (Phi) is 70.2. The van der Waals surface area contributed by atoms with Gasteiger partial charge in [-0.1, -0.05) is 390 Å². The topological polar surface area (TPSA) is 72.8 Å². The summed E-state index contributed by atoms with van der Waals surface area (Å²) >= 11 is 0. The summed E-state index contributed by atoms with van der Waals surface area (Å²) in [5.41, 5.74) is 0. The van der Waals surface area contributed by atoms with Crippen molar-refractivity contribution in [3.05, 3.63) is 48.6 Å². The summed E-state index contributed by atoms with van der Waals surface area (Å²) in [7, 11) is 0. The van der Waals surface area contributed by atoms with Crippen molar-refractivity contribution in [1.82, 2.24) is 0 Å². The van der Waals surface area contributed by atoms with Gasteiger partial charge in [0.2, 0.25) is 0 Å². The number of hydrogen-bond acceptors (Lipinski definition) is 5. The lowest BCUT2D eigenvalue weighted by atomic mass is 10.0. The maximum absolute atomic E-state index is 12.4. The van der Waals surface area contributed by atoms with Crippen LogP contribution in [0, 0.1) is 0 Å². The fourth-order valence-corrected chi connectivity index (χ4v) is 11.4. The van der Waals surface area contributed by atoms with E-state index in [2.05, 4.69) is 62.5 Å². The van der Waals surface area contributed by atoms with Gasteiger partial charge < -0.3 is 14.6 Å². The predicted octanol–water partition coefficient (Wildman–Crippen LogP) is 25.5. The highest BCUT2D eigenvalue weighted by Gasteiger charge is 2.16. The second-order valence-electron chi connectivity index (χ2n) is 25.0. The highest BCUT2D eigenvalue weighted by atomic mass is 16.6. The zero-order chi connectivity index (χ0) is 58.4. The summed E-state index contributed by atoms with van der Waals surface area (Å²) in [5, 5.41) is 9.71. The van der Waals surface area contributed by atoms with Crippen LogP contribution in [0.2, 0.25) is 0 Å². The van der Waals surface area contributed by atoms with Crippen LogP contribution in [0.4, 0.5) is 0 Å². The van der Waals surface area contributed by atoms with E-state index in [0.29, 0.717) is 12.8 Å². The van der Waals surface area contributed by atoms with Crippen molar-refractivity contribution in [1.29, 1.82) is 0 Å². The molecular weight excluding hydrogens is 993 g/mol. The Hall–Kier alpha value is -2.14. The quantitative estimate of drug-likeness (QED) is 0.0373. The molecule has 0 spiro atoms. The van der Waals surface area contributed by atoms with Crippen LogP contribution in [0.3, 0.4) is 0 Å². The Morgan fingerprint density at radius 1 is 0.296 bits per heavy atom. The van der Waals surface area contributed by atoms with Crippen LogP contribution < -0.4 is 0 Å². The lowest BCUT2D eigenvalue weighted by molar-refractivity contribution is -0.161. The van der Waals surface area contributed by atoms with Crippen LogP contribution in [0.15, 0.2) is 48.6 Å². The summed E-state index contributed by atoms with van der Waals surface area (Å²) in [6.07, 6.45) is 97.5. The number of carbonyl (C=O) groups excluding carboxylic acids is 2. The Morgan fingerprint density at radius 2 is 0.531 bits per heavy atom. The minimum atomic E-state index is -0.769. The molecule has 0 aromatic rings. The molecule has 0 heterocycles. The maximum atomic E-state index is 12.4. The largest absolute Gasteiger partial charge is 0.462 e. The molecule has 1 atom stereocenters. The number of esters is 2. The van der Waals surface area contributed by atoms with E-state index in [-0.39, 0.29) is 25.2 Å². The average Bonchev–Trinajstić information content (AvgIpc) is 3.47. The molecule has 5 heteroatoms. The molecule has 0 bridgehead atoms. The summed E-state index contributed by atoms with van der Waals surface area (Å²) in [5.74, 6) is -0.563. The van der Waals surface area contributed by atoms with Crippen LogP contribution in [0.1, 0.15) is 406 Å². The zero-order valence-electron chi connectivity index (χ0n) is 54.8. The third kappa shape index (κ3) is 70.3. The first-order valence-corrected chi connectivity index (χ1v) is 36.7. The first kappa shape index (κ1) is 78.9. The van der Waals surface area contributed by atoms with Crippen molar-refractivity contribution in [2.45, 2.75) is 412 Å². The van der Waals surface area contributed by atoms with Crippen molar-refractivity contribution >= 4 is 11.9 Å². The van der Waals surface area contributed by atoms with Crippen LogP contribution >= 0.6 is 0 Å². The Labute approximate surface area is 507 Å². The smallest absolute Gasteiger partial charge is 0.306 e. The molecule has 0 aliphatic carbocycles. The molecule has 0 rings (SSSR count). The Balaban J connectivity index is 3.37. The van der Waals surface area contributed by atoms with Crippen molar-refractivity contribution < 1.29 is 24.2 Å². The number of rotatable bonds is 69. The fourth-order valence-electron chi connectivity index (χ4n) is 11.4. The summed E-state index contributed by atoms with van der Waals surface area (Å²) in [6, 6.07) is 0. The molecule has 0 aromatic carbocycles. The summed E-state index contributed by atoms with van der Waals surface area (Å²) in [6.45, 7) is 4.10. The SMILES string of the molecule is CC/C=C\C/C=C\C/C=C\C/C=C\CCCCCCCCCCCCCCCCCCCCCCCCCCC(=O)OC(CO)COC(=O)CCCCCCCCCCCCCCCCCCCCCCCCCCCCCCCC. The molecule has 0 aliphatic heterocycles. The summed E-state index contributed by atoms with van der Waals surface area (Å²) < 4.78 is 10.8. The first-order chi connectivity index (χ1) is 40.1. The van der Waals surface area contributed by atoms with Gasteiger partial charge in [-0.2, -0.15) is 0 Å². The van der Waals surface area contributed by atoms with Gasteiger partial charge in [-0.15, -0.1) is 0 Å². The van der Waals surface area contributed by atoms with Crippen molar-refractivity contribution in [2.24, 2.45) is 0 Å². The number of carbonyl (C=O) groups is 2. The number of aliphatic hydroxyl groups is 1. The molecule has 476 valence electrons. The molecule has 0 amide bonds. The molecule has 1 unspecified atom stereocenters. The van der Waals surface area contributed by atoms with Crippen molar-refractivity contribution in [3.63, 3.8) is 0 Å². The molecular formula is C76H142O5. The van der Waals surface area contributed by atoms with E-state index in [1.54, 1.807) is 0 Å². The third-order valence-corrected chi connectivity index (χ3v) is 16.9.